The van der Waals surface area contributed by atoms with Crippen LogP contribution in [0, 0.1) is 6.92 Å². The fraction of sp³-hybridized carbons (Fsp3) is 0.154. The number of hydrogen-bond acceptors (Lipinski definition) is 1. The zero-order chi connectivity index (χ0) is 11.7. The zero-order valence-corrected chi connectivity index (χ0v) is 9.40. The lowest BCUT2D eigenvalue weighted by atomic mass is 10.1. The standard InChI is InChI=1S/C13H14N2O/c1-9-8-15(2)13-10(6-7-12(14)16)4-3-5-11(9)13/h3-8H,1-2H3,(H2,14,16)/b7-6+. The molecule has 16 heavy (non-hydrogen) atoms. The topological polar surface area (TPSA) is 48.0 Å². The summed E-state index contributed by atoms with van der Waals surface area (Å²) in [5.74, 6) is -0.428. The van der Waals surface area contributed by atoms with E-state index in [0.29, 0.717) is 0 Å². The molecule has 0 spiro atoms. The molecule has 3 nitrogen and oxygen atoms in total. The second-order valence-corrected chi connectivity index (χ2v) is 3.90. The molecule has 0 aliphatic carbocycles. The molecule has 3 heteroatoms. The number of aromatic nitrogens is 1. The molecule has 0 atom stereocenters. The van der Waals surface area contributed by atoms with Crippen molar-refractivity contribution in [3.05, 3.63) is 41.6 Å². The van der Waals surface area contributed by atoms with E-state index in [2.05, 4.69) is 23.8 Å². The molecule has 2 aromatic rings. The first-order chi connectivity index (χ1) is 7.59. The number of nitrogens with zero attached hydrogens (tertiary/aromatic N) is 1. The van der Waals surface area contributed by atoms with Crippen LogP contribution in [-0.2, 0) is 11.8 Å². The monoisotopic (exact) mass is 214 g/mol. The second kappa shape index (κ2) is 3.85. The molecule has 0 fully saturated rings. The summed E-state index contributed by atoms with van der Waals surface area (Å²) in [6.45, 7) is 2.07. The Balaban J connectivity index is 2.66. The van der Waals surface area contributed by atoms with Gasteiger partial charge in [-0.05, 0) is 24.1 Å². The molecule has 2 rings (SSSR count). The first kappa shape index (κ1) is 10.5. The van der Waals surface area contributed by atoms with Gasteiger partial charge in [-0.2, -0.15) is 0 Å². The van der Waals surface area contributed by atoms with Crippen LogP contribution in [0.2, 0.25) is 0 Å². The van der Waals surface area contributed by atoms with E-state index in [0.717, 1.165) is 11.1 Å². The molecule has 2 N–H and O–H groups in total. The molecular weight excluding hydrogens is 200 g/mol. The van der Waals surface area contributed by atoms with Crippen molar-refractivity contribution in [3.63, 3.8) is 0 Å². The SMILES string of the molecule is Cc1cn(C)c2c(/C=C/C(N)=O)cccc12. The summed E-state index contributed by atoms with van der Waals surface area (Å²) in [5.41, 5.74) is 8.45. The number of carbonyl (C=O) groups is 1. The van der Waals surface area contributed by atoms with E-state index in [9.17, 15) is 4.79 Å². The van der Waals surface area contributed by atoms with Crippen LogP contribution in [-0.4, -0.2) is 10.5 Å². The van der Waals surface area contributed by atoms with E-state index in [1.165, 1.54) is 17.0 Å². The summed E-state index contributed by atoms with van der Waals surface area (Å²) in [4.78, 5) is 10.7. The van der Waals surface area contributed by atoms with Crippen LogP contribution in [0.3, 0.4) is 0 Å². The summed E-state index contributed by atoms with van der Waals surface area (Å²) in [6.07, 6.45) is 5.22. The van der Waals surface area contributed by atoms with Gasteiger partial charge in [0.25, 0.3) is 0 Å². The van der Waals surface area contributed by atoms with Crippen LogP contribution >= 0.6 is 0 Å². The second-order valence-electron chi connectivity index (χ2n) is 3.90. The van der Waals surface area contributed by atoms with Crippen LogP contribution in [0.15, 0.2) is 30.5 Å². The largest absolute Gasteiger partial charge is 0.366 e. The highest BCUT2D eigenvalue weighted by Crippen LogP contribution is 2.24. The molecule has 1 aromatic carbocycles. The maximum Gasteiger partial charge on any atom is 0.241 e. The average Bonchev–Trinajstić information content (AvgIpc) is 2.52. The van der Waals surface area contributed by atoms with Gasteiger partial charge in [-0.3, -0.25) is 4.79 Å². The molecule has 0 saturated heterocycles. The molecule has 1 heterocycles. The Kier molecular flexibility index (Phi) is 2.52. The summed E-state index contributed by atoms with van der Waals surface area (Å²) in [5, 5.41) is 1.20. The van der Waals surface area contributed by atoms with Crippen molar-refractivity contribution in [2.24, 2.45) is 12.8 Å². The van der Waals surface area contributed by atoms with E-state index in [1.54, 1.807) is 6.08 Å². The number of nitrogens with two attached hydrogens (primary N) is 1. The number of primary amides is 1. The predicted molar refractivity (Wildman–Crippen MR) is 65.9 cm³/mol. The first-order valence-electron chi connectivity index (χ1n) is 5.12. The van der Waals surface area contributed by atoms with E-state index in [4.69, 9.17) is 5.73 Å². The summed E-state index contributed by atoms with van der Waals surface area (Å²) >= 11 is 0. The van der Waals surface area contributed by atoms with E-state index >= 15 is 0 Å². The van der Waals surface area contributed by atoms with Crippen LogP contribution in [0.1, 0.15) is 11.1 Å². The number of amides is 1. The molecule has 0 saturated carbocycles. The Morgan fingerprint density at radius 2 is 2.19 bits per heavy atom. The summed E-state index contributed by atoms with van der Waals surface area (Å²) in [7, 11) is 2.00. The Hall–Kier alpha value is -2.03. The van der Waals surface area contributed by atoms with Gasteiger partial charge in [-0.25, -0.2) is 0 Å². The third-order valence-electron chi connectivity index (χ3n) is 2.66. The smallest absolute Gasteiger partial charge is 0.241 e. The molecule has 0 aliphatic heterocycles. The Morgan fingerprint density at radius 1 is 1.44 bits per heavy atom. The molecular formula is C13H14N2O. The lowest BCUT2D eigenvalue weighted by Crippen LogP contribution is -2.05. The number of para-hydroxylation sites is 1. The van der Waals surface area contributed by atoms with Crippen LogP contribution in [0.5, 0.6) is 0 Å². The van der Waals surface area contributed by atoms with E-state index in [-0.39, 0.29) is 0 Å². The number of carbonyl (C=O) groups excluding carboxylic acids is 1. The minimum absolute atomic E-state index is 0.428. The van der Waals surface area contributed by atoms with Gasteiger partial charge in [-0.1, -0.05) is 18.2 Å². The average molecular weight is 214 g/mol. The van der Waals surface area contributed by atoms with Crippen LogP contribution in [0.25, 0.3) is 17.0 Å². The molecule has 1 amide bonds. The third kappa shape index (κ3) is 1.72. The van der Waals surface area contributed by atoms with Gasteiger partial charge in [0.15, 0.2) is 0 Å². The number of fused-ring (bicyclic) bond motifs is 1. The van der Waals surface area contributed by atoms with Crippen molar-refractivity contribution in [1.29, 1.82) is 0 Å². The van der Waals surface area contributed by atoms with Crippen molar-refractivity contribution in [2.75, 3.05) is 0 Å². The van der Waals surface area contributed by atoms with Gasteiger partial charge in [0.1, 0.15) is 0 Å². The van der Waals surface area contributed by atoms with Crippen molar-refractivity contribution >= 4 is 22.9 Å². The van der Waals surface area contributed by atoms with Crippen molar-refractivity contribution in [1.82, 2.24) is 4.57 Å². The van der Waals surface area contributed by atoms with Crippen molar-refractivity contribution in [2.45, 2.75) is 6.92 Å². The molecule has 1 aromatic heterocycles. The summed E-state index contributed by atoms with van der Waals surface area (Å²) in [6, 6.07) is 6.03. The van der Waals surface area contributed by atoms with Crippen LogP contribution < -0.4 is 5.73 Å². The minimum Gasteiger partial charge on any atom is -0.366 e. The maximum absolute atomic E-state index is 10.7. The first-order valence-corrected chi connectivity index (χ1v) is 5.12. The Morgan fingerprint density at radius 3 is 2.88 bits per heavy atom. The lowest BCUT2D eigenvalue weighted by Gasteiger charge is -2.01. The van der Waals surface area contributed by atoms with Gasteiger partial charge in [0.2, 0.25) is 5.91 Å². The van der Waals surface area contributed by atoms with Gasteiger partial charge in [0, 0.05) is 24.7 Å². The molecule has 82 valence electrons. The predicted octanol–water partition coefficient (Wildman–Crippen LogP) is 1.99. The molecule has 0 unspecified atom stereocenters. The molecule has 0 aliphatic rings. The van der Waals surface area contributed by atoms with Gasteiger partial charge < -0.3 is 10.3 Å². The normalized spacial score (nSPS) is 11.4. The number of rotatable bonds is 2. The van der Waals surface area contributed by atoms with E-state index < -0.39 is 5.91 Å². The fourth-order valence-corrected chi connectivity index (χ4v) is 2.00. The van der Waals surface area contributed by atoms with E-state index in [1.807, 2.05) is 19.2 Å². The minimum atomic E-state index is -0.428. The quantitative estimate of drug-likeness (QED) is 0.763. The van der Waals surface area contributed by atoms with Crippen molar-refractivity contribution < 1.29 is 4.79 Å². The Bertz CT molecular complexity index is 579. The van der Waals surface area contributed by atoms with Gasteiger partial charge in [0.05, 0.1) is 5.52 Å². The summed E-state index contributed by atoms with van der Waals surface area (Å²) < 4.78 is 2.06. The van der Waals surface area contributed by atoms with Crippen molar-refractivity contribution in [3.8, 4) is 0 Å². The Labute approximate surface area is 94.2 Å². The zero-order valence-electron chi connectivity index (χ0n) is 9.40. The highest BCUT2D eigenvalue weighted by molar-refractivity contribution is 5.96. The molecule has 0 bridgehead atoms. The lowest BCUT2D eigenvalue weighted by molar-refractivity contribution is -0.113. The molecule has 0 radical (unpaired) electrons. The van der Waals surface area contributed by atoms with Gasteiger partial charge >= 0.3 is 0 Å². The maximum atomic E-state index is 10.7. The fourth-order valence-electron chi connectivity index (χ4n) is 2.00. The highest BCUT2D eigenvalue weighted by Gasteiger charge is 2.05. The van der Waals surface area contributed by atoms with Gasteiger partial charge in [-0.15, -0.1) is 0 Å². The number of hydrogen-bond donors (Lipinski definition) is 1. The highest BCUT2D eigenvalue weighted by atomic mass is 16.1. The van der Waals surface area contributed by atoms with Crippen LogP contribution in [0.4, 0.5) is 0 Å². The third-order valence-corrected chi connectivity index (χ3v) is 2.66. The number of benzene rings is 1. The number of aryl methyl sites for hydroxylation is 2.